The normalized spacial score (nSPS) is 15.0. The molecular weight excluding hydrogens is 342 g/mol. The van der Waals surface area contributed by atoms with Crippen molar-refractivity contribution >= 4 is 11.6 Å². The SMILES string of the molecule is O=C(Nc1ccccc1OC(F)F)c1ccc(CN2CCOCC2)cc1. The van der Waals surface area contributed by atoms with E-state index in [1.165, 1.54) is 12.1 Å². The Labute approximate surface area is 150 Å². The first-order valence-electron chi connectivity index (χ1n) is 8.36. The summed E-state index contributed by atoms with van der Waals surface area (Å²) in [5.41, 5.74) is 1.75. The minimum absolute atomic E-state index is 0.0696. The van der Waals surface area contributed by atoms with Crippen molar-refractivity contribution in [1.82, 2.24) is 4.90 Å². The number of carbonyl (C=O) groups excluding carboxylic acids is 1. The van der Waals surface area contributed by atoms with Crippen molar-refractivity contribution in [3.8, 4) is 5.75 Å². The minimum atomic E-state index is -2.95. The molecule has 1 aliphatic heterocycles. The van der Waals surface area contributed by atoms with E-state index in [1.807, 2.05) is 12.1 Å². The Bertz CT molecular complexity index is 732. The predicted molar refractivity (Wildman–Crippen MR) is 93.6 cm³/mol. The number of hydrogen-bond donors (Lipinski definition) is 1. The molecule has 0 atom stereocenters. The summed E-state index contributed by atoms with van der Waals surface area (Å²) in [5, 5.41) is 2.61. The molecule has 0 aliphatic carbocycles. The number of alkyl halides is 2. The summed E-state index contributed by atoms with van der Waals surface area (Å²) in [7, 11) is 0. The predicted octanol–water partition coefficient (Wildman–Crippen LogP) is 3.37. The van der Waals surface area contributed by atoms with Gasteiger partial charge in [-0.3, -0.25) is 9.69 Å². The lowest BCUT2D eigenvalue weighted by molar-refractivity contribution is -0.0493. The fraction of sp³-hybridized carbons (Fsp3) is 0.316. The van der Waals surface area contributed by atoms with Crippen LogP contribution in [0.3, 0.4) is 0 Å². The van der Waals surface area contributed by atoms with Crippen LogP contribution in [-0.2, 0) is 11.3 Å². The van der Waals surface area contributed by atoms with Gasteiger partial charge in [0.25, 0.3) is 5.91 Å². The van der Waals surface area contributed by atoms with Crippen LogP contribution < -0.4 is 10.1 Å². The molecule has 0 saturated carbocycles. The molecule has 1 N–H and O–H groups in total. The molecule has 0 unspecified atom stereocenters. The molecule has 1 fully saturated rings. The average molecular weight is 362 g/mol. The van der Waals surface area contributed by atoms with Gasteiger partial charge in [0, 0.05) is 25.2 Å². The molecule has 2 aromatic rings. The Morgan fingerprint density at radius 3 is 2.50 bits per heavy atom. The van der Waals surface area contributed by atoms with Gasteiger partial charge in [-0.05, 0) is 29.8 Å². The molecule has 0 spiro atoms. The first-order chi connectivity index (χ1) is 12.6. The number of nitrogens with one attached hydrogen (secondary N) is 1. The van der Waals surface area contributed by atoms with Gasteiger partial charge in [0.1, 0.15) is 5.75 Å². The maximum atomic E-state index is 12.5. The Morgan fingerprint density at radius 1 is 1.12 bits per heavy atom. The van der Waals surface area contributed by atoms with Crippen LogP contribution in [-0.4, -0.2) is 43.7 Å². The molecule has 1 amide bonds. The number of carbonyl (C=O) groups is 1. The van der Waals surface area contributed by atoms with Crippen LogP contribution in [0.15, 0.2) is 48.5 Å². The zero-order valence-corrected chi connectivity index (χ0v) is 14.2. The lowest BCUT2D eigenvalue weighted by Gasteiger charge is -2.26. The first-order valence-corrected chi connectivity index (χ1v) is 8.36. The van der Waals surface area contributed by atoms with E-state index in [9.17, 15) is 13.6 Å². The molecule has 7 heteroatoms. The number of benzene rings is 2. The van der Waals surface area contributed by atoms with E-state index in [4.69, 9.17) is 4.74 Å². The quantitative estimate of drug-likeness (QED) is 0.856. The Kier molecular flexibility index (Phi) is 6.14. The van der Waals surface area contributed by atoms with Gasteiger partial charge in [-0.25, -0.2) is 0 Å². The number of anilines is 1. The Morgan fingerprint density at radius 2 is 1.81 bits per heavy atom. The summed E-state index contributed by atoms with van der Waals surface area (Å²) in [6, 6.07) is 13.3. The van der Waals surface area contributed by atoms with E-state index in [0.29, 0.717) is 5.56 Å². The van der Waals surface area contributed by atoms with Gasteiger partial charge < -0.3 is 14.8 Å². The number of halogens is 2. The standard InChI is InChI=1S/C19H20F2N2O3/c20-19(21)26-17-4-2-1-3-16(17)22-18(24)15-7-5-14(6-8-15)13-23-9-11-25-12-10-23/h1-8,19H,9-13H2,(H,22,24). The fourth-order valence-corrected chi connectivity index (χ4v) is 2.74. The Hall–Kier alpha value is -2.51. The number of amides is 1. The second-order valence-corrected chi connectivity index (χ2v) is 5.91. The van der Waals surface area contributed by atoms with Crippen LogP contribution in [0.25, 0.3) is 0 Å². The highest BCUT2D eigenvalue weighted by atomic mass is 19.3. The summed E-state index contributed by atoms with van der Waals surface area (Å²) >= 11 is 0. The van der Waals surface area contributed by atoms with Crippen LogP contribution in [0.2, 0.25) is 0 Å². The second kappa shape index (κ2) is 8.73. The third-order valence-electron chi connectivity index (χ3n) is 4.08. The molecule has 1 saturated heterocycles. The van der Waals surface area contributed by atoms with Crippen LogP contribution in [0.4, 0.5) is 14.5 Å². The van der Waals surface area contributed by atoms with Gasteiger partial charge in [-0.2, -0.15) is 8.78 Å². The number of para-hydroxylation sites is 2. The molecular formula is C19H20F2N2O3. The van der Waals surface area contributed by atoms with E-state index >= 15 is 0 Å². The summed E-state index contributed by atoms with van der Waals surface area (Å²) < 4.78 is 34.7. The highest BCUT2D eigenvalue weighted by Gasteiger charge is 2.14. The van der Waals surface area contributed by atoms with E-state index in [-0.39, 0.29) is 17.3 Å². The van der Waals surface area contributed by atoms with Crippen LogP contribution in [0.5, 0.6) is 5.75 Å². The molecule has 2 aromatic carbocycles. The molecule has 5 nitrogen and oxygen atoms in total. The van der Waals surface area contributed by atoms with Gasteiger partial charge in [-0.15, -0.1) is 0 Å². The van der Waals surface area contributed by atoms with Crippen LogP contribution >= 0.6 is 0 Å². The van der Waals surface area contributed by atoms with Gasteiger partial charge in [0.15, 0.2) is 0 Å². The maximum Gasteiger partial charge on any atom is 0.387 e. The largest absolute Gasteiger partial charge is 0.433 e. The molecule has 138 valence electrons. The van der Waals surface area contributed by atoms with Crippen molar-refractivity contribution in [3.05, 3.63) is 59.7 Å². The van der Waals surface area contributed by atoms with Gasteiger partial charge in [0.05, 0.1) is 18.9 Å². The van der Waals surface area contributed by atoms with E-state index < -0.39 is 6.61 Å². The van der Waals surface area contributed by atoms with E-state index in [1.54, 1.807) is 24.3 Å². The number of ether oxygens (including phenoxy) is 2. The lowest BCUT2D eigenvalue weighted by Crippen LogP contribution is -2.35. The summed E-state index contributed by atoms with van der Waals surface area (Å²) in [4.78, 5) is 14.7. The molecule has 0 bridgehead atoms. The van der Waals surface area contributed by atoms with E-state index in [2.05, 4.69) is 15.0 Å². The van der Waals surface area contributed by atoms with Crippen molar-refractivity contribution in [2.24, 2.45) is 0 Å². The third-order valence-corrected chi connectivity index (χ3v) is 4.08. The zero-order valence-electron chi connectivity index (χ0n) is 14.2. The monoisotopic (exact) mass is 362 g/mol. The molecule has 3 rings (SSSR count). The van der Waals surface area contributed by atoms with Crippen molar-refractivity contribution in [2.75, 3.05) is 31.6 Å². The minimum Gasteiger partial charge on any atom is -0.433 e. The Balaban J connectivity index is 1.63. The highest BCUT2D eigenvalue weighted by molar-refractivity contribution is 6.05. The van der Waals surface area contributed by atoms with Gasteiger partial charge in [0.2, 0.25) is 0 Å². The van der Waals surface area contributed by atoms with Gasteiger partial charge in [-0.1, -0.05) is 24.3 Å². The second-order valence-electron chi connectivity index (χ2n) is 5.91. The van der Waals surface area contributed by atoms with Crippen molar-refractivity contribution in [2.45, 2.75) is 13.2 Å². The third kappa shape index (κ3) is 5.00. The molecule has 1 aliphatic rings. The lowest BCUT2D eigenvalue weighted by atomic mass is 10.1. The van der Waals surface area contributed by atoms with Crippen molar-refractivity contribution in [3.63, 3.8) is 0 Å². The fourth-order valence-electron chi connectivity index (χ4n) is 2.74. The molecule has 26 heavy (non-hydrogen) atoms. The number of morpholine rings is 1. The number of hydrogen-bond acceptors (Lipinski definition) is 4. The maximum absolute atomic E-state index is 12.5. The van der Waals surface area contributed by atoms with Crippen molar-refractivity contribution in [1.29, 1.82) is 0 Å². The molecule has 0 radical (unpaired) electrons. The summed E-state index contributed by atoms with van der Waals surface area (Å²) in [6.45, 7) is 1.11. The number of rotatable bonds is 6. The summed E-state index contributed by atoms with van der Waals surface area (Å²) in [6.07, 6.45) is 0. The van der Waals surface area contributed by atoms with E-state index in [0.717, 1.165) is 38.4 Å². The number of nitrogens with zero attached hydrogens (tertiary/aromatic N) is 1. The first kappa shape index (κ1) is 18.3. The molecule has 0 aromatic heterocycles. The molecule has 1 heterocycles. The van der Waals surface area contributed by atoms with Crippen LogP contribution in [0.1, 0.15) is 15.9 Å². The summed E-state index contributed by atoms with van der Waals surface area (Å²) in [5.74, 6) is -0.451. The topological polar surface area (TPSA) is 50.8 Å². The van der Waals surface area contributed by atoms with Crippen LogP contribution in [0, 0.1) is 0 Å². The zero-order chi connectivity index (χ0) is 18.4. The smallest absolute Gasteiger partial charge is 0.387 e. The van der Waals surface area contributed by atoms with Gasteiger partial charge >= 0.3 is 6.61 Å². The van der Waals surface area contributed by atoms with Crippen molar-refractivity contribution < 1.29 is 23.0 Å². The highest BCUT2D eigenvalue weighted by Crippen LogP contribution is 2.26. The average Bonchev–Trinajstić information content (AvgIpc) is 2.64.